The van der Waals surface area contributed by atoms with E-state index in [0.29, 0.717) is 6.42 Å². The van der Waals surface area contributed by atoms with Gasteiger partial charge in [0.1, 0.15) is 6.17 Å². The van der Waals surface area contributed by atoms with Crippen molar-refractivity contribution in [1.82, 2.24) is 0 Å². The SMILES string of the molecule is CC1(C(Br)Cc2ccccc2)CC1F. The van der Waals surface area contributed by atoms with Crippen LogP contribution in [0, 0.1) is 5.41 Å². The molecule has 1 saturated carbocycles. The molecule has 3 atom stereocenters. The van der Waals surface area contributed by atoms with Crippen LogP contribution < -0.4 is 0 Å². The number of halogens is 2. The van der Waals surface area contributed by atoms with Gasteiger partial charge in [0.15, 0.2) is 0 Å². The Hall–Kier alpha value is -0.370. The van der Waals surface area contributed by atoms with Crippen LogP contribution >= 0.6 is 15.9 Å². The molecule has 0 amide bonds. The minimum Gasteiger partial charge on any atom is -0.247 e. The summed E-state index contributed by atoms with van der Waals surface area (Å²) >= 11 is 3.60. The lowest BCUT2D eigenvalue weighted by molar-refractivity contribution is 0.371. The lowest BCUT2D eigenvalue weighted by Gasteiger charge is -2.16. The lowest BCUT2D eigenvalue weighted by atomic mass is 9.98. The third kappa shape index (κ3) is 1.85. The minimum atomic E-state index is -0.615. The van der Waals surface area contributed by atoms with Gasteiger partial charge >= 0.3 is 0 Å². The van der Waals surface area contributed by atoms with E-state index in [1.165, 1.54) is 5.56 Å². The van der Waals surface area contributed by atoms with Gasteiger partial charge in [0.05, 0.1) is 0 Å². The zero-order valence-corrected chi connectivity index (χ0v) is 9.80. The smallest absolute Gasteiger partial charge is 0.107 e. The summed E-state index contributed by atoms with van der Waals surface area (Å²) in [4.78, 5) is 0.257. The molecular formula is C12H14BrF. The minimum absolute atomic E-state index is 0.129. The Morgan fingerprint density at radius 3 is 2.57 bits per heavy atom. The van der Waals surface area contributed by atoms with Crippen molar-refractivity contribution in [2.75, 3.05) is 0 Å². The van der Waals surface area contributed by atoms with Gasteiger partial charge in [-0.05, 0) is 18.4 Å². The highest BCUT2D eigenvalue weighted by atomic mass is 79.9. The molecule has 0 saturated heterocycles. The molecule has 0 N–H and O–H groups in total. The van der Waals surface area contributed by atoms with E-state index in [1.54, 1.807) is 0 Å². The van der Waals surface area contributed by atoms with Crippen molar-refractivity contribution in [2.24, 2.45) is 5.41 Å². The van der Waals surface area contributed by atoms with Crippen molar-refractivity contribution < 1.29 is 4.39 Å². The molecule has 1 aromatic carbocycles. The first kappa shape index (κ1) is 10.2. The Morgan fingerprint density at radius 1 is 1.50 bits per heavy atom. The predicted octanol–water partition coefficient (Wildman–Crippen LogP) is 3.74. The van der Waals surface area contributed by atoms with Gasteiger partial charge in [-0.15, -0.1) is 0 Å². The quantitative estimate of drug-likeness (QED) is 0.723. The van der Waals surface area contributed by atoms with Crippen LogP contribution in [-0.4, -0.2) is 11.0 Å². The third-order valence-corrected chi connectivity index (χ3v) is 4.52. The lowest BCUT2D eigenvalue weighted by Crippen LogP contribution is -2.17. The van der Waals surface area contributed by atoms with E-state index in [2.05, 4.69) is 28.1 Å². The number of benzene rings is 1. The second kappa shape index (κ2) is 3.65. The maximum atomic E-state index is 13.1. The van der Waals surface area contributed by atoms with Crippen LogP contribution in [0.3, 0.4) is 0 Å². The van der Waals surface area contributed by atoms with Gasteiger partial charge in [-0.3, -0.25) is 0 Å². The molecule has 1 aromatic rings. The molecule has 0 nitrogen and oxygen atoms in total. The Balaban J connectivity index is 1.99. The van der Waals surface area contributed by atoms with Gasteiger partial charge in [0, 0.05) is 10.2 Å². The molecular weight excluding hydrogens is 243 g/mol. The standard InChI is InChI=1S/C12H14BrF/c1-12(8-11(12)14)10(13)7-9-5-3-2-4-6-9/h2-6,10-11H,7-8H2,1H3. The largest absolute Gasteiger partial charge is 0.247 e. The zero-order chi connectivity index (χ0) is 10.2. The highest BCUT2D eigenvalue weighted by molar-refractivity contribution is 9.09. The Kier molecular flexibility index (Phi) is 2.65. The monoisotopic (exact) mass is 256 g/mol. The highest BCUT2D eigenvalue weighted by Gasteiger charge is 2.55. The van der Waals surface area contributed by atoms with Crippen molar-refractivity contribution in [3.05, 3.63) is 35.9 Å². The Labute approximate surface area is 92.6 Å². The summed E-state index contributed by atoms with van der Waals surface area (Å²) < 4.78 is 13.1. The maximum Gasteiger partial charge on any atom is 0.107 e. The normalized spacial score (nSPS) is 32.6. The van der Waals surface area contributed by atoms with Crippen molar-refractivity contribution >= 4 is 15.9 Å². The van der Waals surface area contributed by atoms with E-state index in [1.807, 2.05) is 25.1 Å². The molecule has 0 aromatic heterocycles. The Morgan fingerprint density at radius 2 is 2.07 bits per heavy atom. The second-order valence-electron chi connectivity index (χ2n) is 4.33. The molecule has 3 unspecified atom stereocenters. The van der Waals surface area contributed by atoms with Crippen molar-refractivity contribution in [1.29, 1.82) is 0 Å². The summed E-state index contributed by atoms with van der Waals surface area (Å²) in [6, 6.07) is 10.2. The number of alkyl halides is 2. The van der Waals surface area contributed by atoms with E-state index in [0.717, 1.165) is 6.42 Å². The molecule has 1 fully saturated rings. The molecule has 0 aliphatic heterocycles. The van der Waals surface area contributed by atoms with Gasteiger partial charge in [-0.2, -0.15) is 0 Å². The maximum absolute atomic E-state index is 13.1. The number of hydrogen-bond donors (Lipinski definition) is 0. The zero-order valence-electron chi connectivity index (χ0n) is 8.21. The van der Waals surface area contributed by atoms with E-state index in [-0.39, 0.29) is 10.2 Å². The summed E-state index contributed by atoms with van der Waals surface area (Å²) in [6.45, 7) is 2.01. The van der Waals surface area contributed by atoms with Gasteiger partial charge in [-0.25, -0.2) is 4.39 Å². The Bertz CT molecular complexity index is 311. The predicted molar refractivity (Wildman–Crippen MR) is 60.5 cm³/mol. The first-order chi connectivity index (χ1) is 6.63. The van der Waals surface area contributed by atoms with Crippen molar-refractivity contribution in [3.8, 4) is 0 Å². The summed E-state index contributed by atoms with van der Waals surface area (Å²) in [6.07, 6.45) is 1.00. The molecule has 2 rings (SSSR count). The summed E-state index contributed by atoms with van der Waals surface area (Å²) in [7, 11) is 0. The average molecular weight is 257 g/mol. The molecule has 0 bridgehead atoms. The average Bonchev–Trinajstić information content (AvgIpc) is 2.78. The highest BCUT2D eigenvalue weighted by Crippen LogP contribution is 2.54. The third-order valence-electron chi connectivity index (χ3n) is 3.15. The molecule has 0 heterocycles. The van der Waals surface area contributed by atoms with Gasteiger partial charge in [0.2, 0.25) is 0 Å². The van der Waals surface area contributed by atoms with Crippen LogP contribution in [-0.2, 0) is 6.42 Å². The van der Waals surface area contributed by atoms with E-state index < -0.39 is 6.17 Å². The van der Waals surface area contributed by atoms with Crippen LogP contribution in [0.15, 0.2) is 30.3 Å². The molecule has 76 valence electrons. The molecule has 0 spiro atoms. The number of rotatable bonds is 3. The van der Waals surface area contributed by atoms with Crippen LogP contribution in [0.2, 0.25) is 0 Å². The first-order valence-corrected chi connectivity index (χ1v) is 5.86. The summed E-state index contributed by atoms with van der Waals surface area (Å²) in [5, 5.41) is 0. The molecule has 14 heavy (non-hydrogen) atoms. The van der Waals surface area contributed by atoms with Gasteiger partial charge < -0.3 is 0 Å². The van der Waals surface area contributed by atoms with Gasteiger partial charge in [0.25, 0.3) is 0 Å². The molecule has 1 aliphatic carbocycles. The fourth-order valence-corrected chi connectivity index (χ4v) is 2.55. The summed E-state index contributed by atoms with van der Waals surface area (Å²) in [5.74, 6) is 0. The summed E-state index contributed by atoms with van der Waals surface area (Å²) in [5.41, 5.74) is 1.14. The van der Waals surface area contributed by atoms with Crippen molar-refractivity contribution in [3.63, 3.8) is 0 Å². The van der Waals surface area contributed by atoms with Gasteiger partial charge in [-0.1, -0.05) is 53.2 Å². The van der Waals surface area contributed by atoms with Crippen molar-refractivity contribution in [2.45, 2.75) is 30.8 Å². The van der Waals surface area contributed by atoms with Crippen LogP contribution in [0.4, 0.5) is 4.39 Å². The topological polar surface area (TPSA) is 0 Å². The first-order valence-electron chi connectivity index (χ1n) is 4.95. The fraction of sp³-hybridized carbons (Fsp3) is 0.500. The fourth-order valence-electron chi connectivity index (χ4n) is 1.71. The molecule has 1 aliphatic rings. The molecule has 2 heteroatoms. The van der Waals surface area contributed by atoms with Crippen LogP contribution in [0.1, 0.15) is 18.9 Å². The van der Waals surface area contributed by atoms with E-state index >= 15 is 0 Å². The van der Waals surface area contributed by atoms with Crippen LogP contribution in [0.5, 0.6) is 0 Å². The number of hydrogen-bond acceptors (Lipinski definition) is 0. The van der Waals surface area contributed by atoms with E-state index in [9.17, 15) is 4.39 Å². The molecule has 0 radical (unpaired) electrons. The van der Waals surface area contributed by atoms with E-state index in [4.69, 9.17) is 0 Å². The van der Waals surface area contributed by atoms with Crippen LogP contribution in [0.25, 0.3) is 0 Å². The second-order valence-corrected chi connectivity index (χ2v) is 5.44.